The van der Waals surface area contributed by atoms with Gasteiger partial charge in [0.05, 0.1) is 6.54 Å². The van der Waals surface area contributed by atoms with Gasteiger partial charge in [-0.3, -0.25) is 9.69 Å². The molecule has 1 aliphatic heterocycles. The standard InChI is InChI=1S/C25H29N3O2/c29-24-22(11-16-28(25(24)30)19-21-9-5-2-6-10-21)17-26-23-12-14-27(15-13-23)18-20-7-3-1-4-8-20/h1-11,16,23,26,29H,12-15,17-19H2. The van der Waals surface area contributed by atoms with Crippen molar-refractivity contribution >= 4 is 0 Å². The first-order valence-electron chi connectivity index (χ1n) is 10.6. The van der Waals surface area contributed by atoms with Gasteiger partial charge in [0.15, 0.2) is 5.75 Å². The van der Waals surface area contributed by atoms with Gasteiger partial charge in [0.25, 0.3) is 5.56 Å². The van der Waals surface area contributed by atoms with Crippen LogP contribution < -0.4 is 10.9 Å². The second-order valence-corrected chi connectivity index (χ2v) is 8.03. The van der Waals surface area contributed by atoms with Crippen molar-refractivity contribution in [3.05, 3.63) is 100.0 Å². The molecule has 0 atom stereocenters. The molecule has 156 valence electrons. The Kier molecular flexibility index (Phi) is 6.62. The molecule has 2 N–H and O–H groups in total. The molecule has 1 saturated heterocycles. The van der Waals surface area contributed by atoms with Gasteiger partial charge in [-0.1, -0.05) is 60.7 Å². The monoisotopic (exact) mass is 403 g/mol. The minimum Gasteiger partial charge on any atom is -0.503 e. The Balaban J connectivity index is 1.29. The van der Waals surface area contributed by atoms with E-state index in [-0.39, 0.29) is 11.3 Å². The van der Waals surface area contributed by atoms with Crippen LogP contribution in [0.1, 0.15) is 29.5 Å². The highest BCUT2D eigenvalue weighted by Gasteiger charge is 2.19. The van der Waals surface area contributed by atoms with Crippen LogP contribution in [0.5, 0.6) is 5.75 Å². The average molecular weight is 404 g/mol. The maximum atomic E-state index is 12.5. The van der Waals surface area contributed by atoms with Crippen LogP contribution in [0.4, 0.5) is 0 Å². The molecule has 2 aromatic carbocycles. The van der Waals surface area contributed by atoms with Crippen LogP contribution in [0.2, 0.25) is 0 Å². The number of aromatic hydroxyl groups is 1. The van der Waals surface area contributed by atoms with E-state index in [1.165, 1.54) is 5.56 Å². The number of rotatable bonds is 7. The maximum absolute atomic E-state index is 12.5. The summed E-state index contributed by atoms with van der Waals surface area (Å²) in [6.45, 7) is 4.07. The van der Waals surface area contributed by atoms with Crippen molar-refractivity contribution in [2.75, 3.05) is 13.1 Å². The minimum absolute atomic E-state index is 0.151. The van der Waals surface area contributed by atoms with E-state index in [1.807, 2.05) is 36.4 Å². The fraction of sp³-hybridized carbons (Fsp3) is 0.320. The van der Waals surface area contributed by atoms with E-state index in [0.717, 1.165) is 38.0 Å². The zero-order valence-corrected chi connectivity index (χ0v) is 17.2. The molecule has 0 unspecified atom stereocenters. The van der Waals surface area contributed by atoms with Gasteiger partial charge in [-0.05, 0) is 43.1 Å². The summed E-state index contributed by atoms with van der Waals surface area (Å²) in [6, 6.07) is 22.6. The zero-order valence-electron chi connectivity index (χ0n) is 17.2. The van der Waals surface area contributed by atoms with E-state index >= 15 is 0 Å². The van der Waals surface area contributed by atoms with Crippen molar-refractivity contribution in [3.8, 4) is 5.75 Å². The Morgan fingerprint density at radius 2 is 1.47 bits per heavy atom. The highest BCUT2D eigenvalue weighted by atomic mass is 16.3. The zero-order chi connectivity index (χ0) is 20.8. The molecule has 0 amide bonds. The maximum Gasteiger partial charge on any atom is 0.293 e. The molecule has 0 saturated carbocycles. The van der Waals surface area contributed by atoms with Gasteiger partial charge in [0.2, 0.25) is 0 Å². The normalized spacial score (nSPS) is 15.3. The molecule has 1 fully saturated rings. The van der Waals surface area contributed by atoms with Crippen molar-refractivity contribution in [3.63, 3.8) is 0 Å². The summed E-state index contributed by atoms with van der Waals surface area (Å²) in [6.07, 6.45) is 3.91. The summed E-state index contributed by atoms with van der Waals surface area (Å²) >= 11 is 0. The van der Waals surface area contributed by atoms with E-state index in [0.29, 0.717) is 24.7 Å². The lowest BCUT2D eigenvalue weighted by Crippen LogP contribution is -2.42. The number of nitrogens with zero attached hydrogens (tertiary/aromatic N) is 2. The molecule has 0 bridgehead atoms. The first kappa shape index (κ1) is 20.4. The molecular formula is C25H29N3O2. The van der Waals surface area contributed by atoms with Gasteiger partial charge in [0, 0.05) is 30.9 Å². The summed E-state index contributed by atoms with van der Waals surface area (Å²) in [5.74, 6) is -0.151. The number of pyridine rings is 1. The number of piperidine rings is 1. The molecule has 2 heterocycles. The summed E-state index contributed by atoms with van der Waals surface area (Å²) in [5, 5.41) is 13.9. The number of aromatic nitrogens is 1. The number of likely N-dealkylation sites (tertiary alicyclic amines) is 1. The number of hydrogen-bond donors (Lipinski definition) is 2. The first-order valence-corrected chi connectivity index (χ1v) is 10.6. The largest absolute Gasteiger partial charge is 0.503 e. The van der Waals surface area contributed by atoms with Gasteiger partial charge in [0.1, 0.15) is 0 Å². The third-order valence-corrected chi connectivity index (χ3v) is 5.84. The van der Waals surface area contributed by atoms with Crippen molar-refractivity contribution in [1.29, 1.82) is 0 Å². The molecule has 5 nitrogen and oxygen atoms in total. The van der Waals surface area contributed by atoms with Crippen molar-refractivity contribution in [2.24, 2.45) is 0 Å². The molecular weight excluding hydrogens is 374 g/mol. The van der Waals surface area contributed by atoms with E-state index in [9.17, 15) is 9.90 Å². The van der Waals surface area contributed by atoms with Gasteiger partial charge in [-0.25, -0.2) is 0 Å². The van der Waals surface area contributed by atoms with E-state index < -0.39 is 0 Å². The van der Waals surface area contributed by atoms with Crippen LogP contribution in [0.25, 0.3) is 0 Å². The Morgan fingerprint density at radius 1 is 0.867 bits per heavy atom. The molecule has 5 heteroatoms. The fourth-order valence-electron chi connectivity index (χ4n) is 4.04. The van der Waals surface area contributed by atoms with Crippen LogP contribution in [0.3, 0.4) is 0 Å². The van der Waals surface area contributed by atoms with Crippen LogP contribution in [-0.4, -0.2) is 33.7 Å². The fourth-order valence-corrected chi connectivity index (χ4v) is 4.04. The quantitative estimate of drug-likeness (QED) is 0.635. The Labute approximate surface area is 177 Å². The summed E-state index contributed by atoms with van der Waals surface area (Å²) in [5.41, 5.74) is 2.71. The Bertz CT molecular complexity index is 994. The lowest BCUT2D eigenvalue weighted by molar-refractivity contribution is 0.190. The van der Waals surface area contributed by atoms with E-state index in [2.05, 4.69) is 40.5 Å². The Morgan fingerprint density at radius 3 is 2.10 bits per heavy atom. The SMILES string of the molecule is O=c1c(O)c(CNC2CCN(Cc3ccccc3)CC2)ccn1Cc1ccccc1. The summed E-state index contributed by atoms with van der Waals surface area (Å²) < 4.78 is 1.55. The van der Waals surface area contributed by atoms with Crippen LogP contribution in [0.15, 0.2) is 77.7 Å². The highest BCUT2D eigenvalue weighted by molar-refractivity contribution is 5.29. The Hall–Kier alpha value is -2.89. The van der Waals surface area contributed by atoms with E-state index in [1.54, 1.807) is 10.8 Å². The van der Waals surface area contributed by atoms with Gasteiger partial charge in [-0.15, -0.1) is 0 Å². The number of nitrogens with one attached hydrogen (secondary N) is 1. The molecule has 0 aliphatic carbocycles. The third-order valence-electron chi connectivity index (χ3n) is 5.84. The molecule has 3 aromatic rings. The average Bonchev–Trinajstić information content (AvgIpc) is 2.79. The van der Waals surface area contributed by atoms with Crippen molar-refractivity contribution in [1.82, 2.24) is 14.8 Å². The van der Waals surface area contributed by atoms with Gasteiger partial charge < -0.3 is 15.0 Å². The predicted octanol–water partition coefficient (Wildman–Crippen LogP) is 3.36. The molecule has 1 aromatic heterocycles. The second kappa shape index (κ2) is 9.74. The van der Waals surface area contributed by atoms with Crippen LogP contribution in [-0.2, 0) is 19.6 Å². The van der Waals surface area contributed by atoms with E-state index in [4.69, 9.17) is 0 Å². The molecule has 0 radical (unpaired) electrons. The lowest BCUT2D eigenvalue weighted by atomic mass is 10.0. The predicted molar refractivity (Wildman–Crippen MR) is 119 cm³/mol. The highest BCUT2D eigenvalue weighted by Crippen LogP contribution is 2.16. The third kappa shape index (κ3) is 5.17. The molecule has 1 aliphatic rings. The number of benzene rings is 2. The molecule has 4 rings (SSSR count). The van der Waals surface area contributed by atoms with Crippen molar-refractivity contribution in [2.45, 2.75) is 38.5 Å². The topological polar surface area (TPSA) is 57.5 Å². The molecule has 0 spiro atoms. The minimum atomic E-state index is -0.337. The summed E-state index contributed by atoms with van der Waals surface area (Å²) in [4.78, 5) is 15.0. The molecule has 30 heavy (non-hydrogen) atoms. The summed E-state index contributed by atoms with van der Waals surface area (Å²) in [7, 11) is 0. The number of hydrogen-bond acceptors (Lipinski definition) is 4. The smallest absolute Gasteiger partial charge is 0.293 e. The van der Waals surface area contributed by atoms with Gasteiger partial charge in [-0.2, -0.15) is 0 Å². The second-order valence-electron chi connectivity index (χ2n) is 8.03. The van der Waals surface area contributed by atoms with Gasteiger partial charge >= 0.3 is 0 Å². The van der Waals surface area contributed by atoms with Crippen LogP contribution in [0, 0.1) is 0 Å². The van der Waals surface area contributed by atoms with Crippen molar-refractivity contribution < 1.29 is 5.11 Å². The first-order chi connectivity index (χ1) is 14.7. The van der Waals surface area contributed by atoms with Crippen LogP contribution >= 0.6 is 0 Å². The lowest BCUT2D eigenvalue weighted by Gasteiger charge is -2.32.